The van der Waals surface area contributed by atoms with Gasteiger partial charge in [-0.25, -0.2) is 0 Å². The molecule has 102 valence electrons. The Labute approximate surface area is 119 Å². The minimum Gasteiger partial charge on any atom is -0.469 e. The van der Waals surface area contributed by atoms with Crippen LogP contribution in [0.2, 0.25) is 0 Å². The Balaban J connectivity index is 2.20. The molecule has 0 heterocycles. The van der Waals surface area contributed by atoms with E-state index in [1.165, 1.54) is 7.11 Å². The Morgan fingerprint density at radius 2 is 1.75 bits per heavy atom. The highest BCUT2D eigenvalue weighted by Gasteiger charge is 2.23. The molecule has 0 bridgehead atoms. The van der Waals surface area contributed by atoms with E-state index >= 15 is 0 Å². The number of hydrogen-bond acceptors (Lipinski definition) is 2. The SMILES string of the molecule is COC(=O)[C@@H](/C=C/c1ccccc1)C1C=CC=CC=C1. The molecule has 0 fully saturated rings. The number of hydrogen-bond donors (Lipinski definition) is 0. The van der Waals surface area contributed by atoms with Crippen LogP contribution in [0.15, 0.2) is 72.9 Å². The van der Waals surface area contributed by atoms with Crippen molar-refractivity contribution >= 4 is 12.0 Å². The predicted molar refractivity (Wildman–Crippen MR) is 81.9 cm³/mol. The van der Waals surface area contributed by atoms with Crippen LogP contribution < -0.4 is 0 Å². The van der Waals surface area contributed by atoms with Crippen LogP contribution in [0, 0.1) is 11.8 Å². The topological polar surface area (TPSA) is 26.3 Å². The molecule has 2 rings (SSSR count). The Morgan fingerprint density at radius 1 is 1.10 bits per heavy atom. The van der Waals surface area contributed by atoms with E-state index in [1.807, 2.05) is 78.9 Å². The second-order valence-corrected chi connectivity index (χ2v) is 4.55. The van der Waals surface area contributed by atoms with Crippen molar-refractivity contribution < 1.29 is 9.53 Å². The van der Waals surface area contributed by atoms with Gasteiger partial charge < -0.3 is 4.74 Å². The molecule has 1 aromatic rings. The molecule has 0 N–H and O–H groups in total. The Morgan fingerprint density at radius 3 is 2.35 bits per heavy atom. The van der Waals surface area contributed by atoms with E-state index in [4.69, 9.17) is 4.74 Å². The molecule has 0 aliphatic heterocycles. The molecule has 0 radical (unpaired) electrons. The minimum absolute atomic E-state index is 0.0115. The first-order valence-electron chi connectivity index (χ1n) is 6.64. The lowest BCUT2D eigenvalue weighted by atomic mass is 9.90. The molecule has 0 aromatic heterocycles. The monoisotopic (exact) mass is 266 g/mol. The summed E-state index contributed by atoms with van der Waals surface area (Å²) in [6.45, 7) is 0. The smallest absolute Gasteiger partial charge is 0.313 e. The molecular weight excluding hydrogens is 248 g/mol. The van der Waals surface area contributed by atoms with Crippen LogP contribution in [0.1, 0.15) is 5.56 Å². The van der Waals surface area contributed by atoms with Gasteiger partial charge in [-0.3, -0.25) is 4.79 Å². The lowest BCUT2D eigenvalue weighted by Crippen LogP contribution is -2.20. The first-order valence-corrected chi connectivity index (χ1v) is 6.64. The first-order chi connectivity index (χ1) is 9.81. The van der Waals surface area contributed by atoms with Gasteiger partial charge in [-0.05, 0) is 5.56 Å². The van der Waals surface area contributed by atoms with Crippen LogP contribution in [-0.2, 0) is 9.53 Å². The average molecular weight is 266 g/mol. The summed E-state index contributed by atoms with van der Waals surface area (Å²) in [5.74, 6) is -0.525. The molecule has 2 nitrogen and oxygen atoms in total. The third-order valence-corrected chi connectivity index (χ3v) is 3.18. The van der Waals surface area contributed by atoms with Crippen LogP contribution in [-0.4, -0.2) is 13.1 Å². The quantitative estimate of drug-likeness (QED) is 0.775. The van der Waals surface area contributed by atoms with Crippen molar-refractivity contribution in [2.45, 2.75) is 0 Å². The fraction of sp³-hybridized carbons (Fsp3) is 0.167. The largest absolute Gasteiger partial charge is 0.469 e. The molecule has 20 heavy (non-hydrogen) atoms. The third-order valence-electron chi connectivity index (χ3n) is 3.18. The maximum absolute atomic E-state index is 12.0. The van der Waals surface area contributed by atoms with Gasteiger partial charge in [0.25, 0.3) is 0 Å². The summed E-state index contributed by atoms with van der Waals surface area (Å²) in [4.78, 5) is 12.0. The second-order valence-electron chi connectivity index (χ2n) is 4.55. The van der Waals surface area contributed by atoms with Crippen molar-refractivity contribution in [2.75, 3.05) is 7.11 Å². The normalized spacial score (nSPS) is 16.2. The van der Waals surface area contributed by atoms with E-state index in [0.717, 1.165) is 5.56 Å². The Kier molecular flexibility index (Phi) is 5.13. The molecule has 0 saturated heterocycles. The third kappa shape index (κ3) is 3.82. The summed E-state index contributed by atoms with van der Waals surface area (Å²) >= 11 is 0. The van der Waals surface area contributed by atoms with Gasteiger partial charge in [0, 0.05) is 5.92 Å². The summed E-state index contributed by atoms with van der Waals surface area (Å²) in [6.07, 6.45) is 15.7. The molecule has 1 aromatic carbocycles. The lowest BCUT2D eigenvalue weighted by Gasteiger charge is -2.16. The number of methoxy groups -OCH3 is 1. The van der Waals surface area contributed by atoms with Crippen molar-refractivity contribution in [1.82, 2.24) is 0 Å². The number of benzene rings is 1. The summed E-state index contributed by atoms with van der Waals surface area (Å²) in [7, 11) is 1.42. The van der Waals surface area contributed by atoms with Gasteiger partial charge in [0.15, 0.2) is 0 Å². The molecule has 0 amide bonds. The lowest BCUT2D eigenvalue weighted by molar-refractivity contribution is -0.144. The number of rotatable bonds is 4. The van der Waals surface area contributed by atoms with Crippen LogP contribution in [0.5, 0.6) is 0 Å². The Bertz CT molecular complexity index is 534. The van der Waals surface area contributed by atoms with Gasteiger partial charge in [0.1, 0.15) is 0 Å². The standard InChI is InChI=1S/C18H18O2/c1-20-18(19)17(16-11-7-2-3-8-12-16)14-13-15-9-5-4-6-10-15/h2-14,16-17H,1H3/b14-13+/t17-/m0/s1. The zero-order valence-electron chi connectivity index (χ0n) is 11.5. The Hall–Kier alpha value is -2.35. The molecule has 0 unspecified atom stereocenters. The van der Waals surface area contributed by atoms with Crippen LogP contribution >= 0.6 is 0 Å². The molecule has 0 saturated carbocycles. The maximum Gasteiger partial charge on any atom is 0.313 e. The summed E-state index contributed by atoms with van der Waals surface area (Å²) < 4.78 is 4.92. The zero-order chi connectivity index (χ0) is 14.2. The van der Waals surface area contributed by atoms with Gasteiger partial charge in [-0.2, -0.15) is 0 Å². The van der Waals surface area contributed by atoms with Gasteiger partial charge in [0.05, 0.1) is 13.0 Å². The summed E-state index contributed by atoms with van der Waals surface area (Å²) in [6, 6.07) is 9.93. The number of ether oxygens (including phenoxy) is 1. The van der Waals surface area contributed by atoms with Gasteiger partial charge in [0.2, 0.25) is 0 Å². The minimum atomic E-state index is -0.312. The van der Waals surface area contributed by atoms with Crippen molar-refractivity contribution in [3.05, 3.63) is 78.4 Å². The maximum atomic E-state index is 12.0. The second kappa shape index (κ2) is 7.29. The van der Waals surface area contributed by atoms with Crippen molar-refractivity contribution in [2.24, 2.45) is 11.8 Å². The molecular formula is C18H18O2. The van der Waals surface area contributed by atoms with E-state index in [2.05, 4.69) is 0 Å². The average Bonchev–Trinajstić information content (AvgIpc) is 2.77. The molecule has 1 atom stereocenters. The molecule has 2 heteroatoms. The highest BCUT2D eigenvalue weighted by molar-refractivity contribution is 5.77. The number of esters is 1. The number of allylic oxidation sites excluding steroid dienone is 6. The molecule has 0 spiro atoms. The van der Waals surface area contributed by atoms with Gasteiger partial charge in [-0.1, -0.05) is 78.9 Å². The number of carbonyl (C=O) groups is 1. The van der Waals surface area contributed by atoms with Crippen molar-refractivity contribution in [3.63, 3.8) is 0 Å². The van der Waals surface area contributed by atoms with Gasteiger partial charge >= 0.3 is 5.97 Å². The molecule has 1 aliphatic carbocycles. The van der Waals surface area contributed by atoms with Crippen LogP contribution in [0.4, 0.5) is 0 Å². The summed E-state index contributed by atoms with van der Waals surface area (Å²) in [5.41, 5.74) is 1.07. The van der Waals surface area contributed by atoms with E-state index in [1.54, 1.807) is 0 Å². The first kappa shape index (κ1) is 14.1. The summed E-state index contributed by atoms with van der Waals surface area (Å²) in [5, 5.41) is 0. The van der Waals surface area contributed by atoms with E-state index < -0.39 is 0 Å². The fourth-order valence-electron chi connectivity index (χ4n) is 2.10. The number of carbonyl (C=O) groups excluding carboxylic acids is 1. The fourth-order valence-corrected chi connectivity index (χ4v) is 2.10. The highest BCUT2D eigenvalue weighted by atomic mass is 16.5. The zero-order valence-corrected chi connectivity index (χ0v) is 11.5. The van der Waals surface area contributed by atoms with Gasteiger partial charge in [-0.15, -0.1) is 0 Å². The van der Waals surface area contributed by atoms with Crippen molar-refractivity contribution in [1.29, 1.82) is 0 Å². The molecule has 1 aliphatic rings. The van der Waals surface area contributed by atoms with Crippen LogP contribution in [0.25, 0.3) is 6.08 Å². The highest BCUT2D eigenvalue weighted by Crippen LogP contribution is 2.21. The van der Waals surface area contributed by atoms with Crippen LogP contribution in [0.3, 0.4) is 0 Å². The van der Waals surface area contributed by atoms with Crippen molar-refractivity contribution in [3.8, 4) is 0 Å². The van der Waals surface area contributed by atoms with E-state index in [9.17, 15) is 4.79 Å². The predicted octanol–water partition coefficient (Wildman–Crippen LogP) is 3.79. The van der Waals surface area contributed by atoms with E-state index in [0.29, 0.717) is 0 Å². The van der Waals surface area contributed by atoms with E-state index in [-0.39, 0.29) is 17.8 Å².